The van der Waals surface area contributed by atoms with Crippen LogP contribution in [-0.2, 0) is 11.3 Å². The maximum atomic E-state index is 5.71. The summed E-state index contributed by atoms with van der Waals surface area (Å²) in [5, 5.41) is 6.76. The van der Waals surface area contributed by atoms with Gasteiger partial charge in [-0.2, -0.15) is 0 Å². The highest BCUT2D eigenvalue weighted by Crippen LogP contribution is 2.18. The molecule has 0 aliphatic carbocycles. The van der Waals surface area contributed by atoms with Gasteiger partial charge in [0.25, 0.3) is 0 Å². The molecule has 0 aromatic heterocycles. The van der Waals surface area contributed by atoms with Crippen molar-refractivity contribution in [1.82, 2.24) is 15.5 Å². The van der Waals surface area contributed by atoms with Crippen molar-refractivity contribution < 1.29 is 9.47 Å². The van der Waals surface area contributed by atoms with Crippen molar-refractivity contribution >= 4 is 5.96 Å². The van der Waals surface area contributed by atoms with E-state index in [-0.39, 0.29) is 0 Å². The van der Waals surface area contributed by atoms with Gasteiger partial charge in [-0.3, -0.25) is 4.90 Å². The Bertz CT molecular complexity index is 571. The van der Waals surface area contributed by atoms with Gasteiger partial charge >= 0.3 is 0 Å². The Balaban J connectivity index is 1.92. The Kier molecular flexibility index (Phi) is 9.00. The summed E-state index contributed by atoms with van der Waals surface area (Å²) in [4.78, 5) is 7.16. The summed E-state index contributed by atoms with van der Waals surface area (Å²) in [6.45, 7) is 14.4. The summed E-state index contributed by atoms with van der Waals surface area (Å²) in [5.74, 6) is 1.68. The number of nitrogens with one attached hydrogen (secondary N) is 2. The summed E-state index contributed by atoms with van der Waals surface area (Å²) in [6.07, 6.45) is 1.75. The first-order valence-electron chi connectivity index (χ1n) is 9.40. The molecule has 0 spiro atoms. The Morgan fingerprint density at radius 1 is 1.35 bits per heavy atom. The number of morpholine rings is 1. The molecule has 1 aromatic carbocycles. The van der Waals surface area contributed by atoms with Crippen molar-refractivity contribution in [3.8, 4) is 5.75 Å². The third-order valence-electron chi connectivity index (χ3n) is 4.31. The quantitative estimate of drug-likeness (QED) is 0.401. The molecule has 0 saturated carbocycles. The number of ether oxygens (including phenoxy) is 2. The van der Waals surface area contributed by atoms with Crippen LogP contribution < -0.4 is 15.4 Å². The van der Waals surface area contributed by atoms with Gasteiger partial charge in [0.15, 0.2) is 5.96 Å². The zero-order valence-corrected chi connectivity index (χ0v) is 16.0. The normalized spacial score (nSPS) is 16.8. The highest BCUT2D eigenvalue weighted by molar-refractivity contribution is 5.79. The largest absolute Gasteiger partial charge is 0.489 e. The lowest BCUT2D eigenvalue weighted by Gasteiger charge is -2.32. The number of aliphatic imine (C=N–C) groups is 1. The minimum absolute atomic E-state index is 0.436. The van der Waals surface area contributed by atoms with E-state index in [1.807, 2.05) is 24.3 Å². The van der Waals surface area contributed by atoms with E-state index in [4.69, 9.17) is 14.5 Å². The van der Waals surface area contributed by atoms with Crippen molar-refractivity contribution in [2.24, 2.45) is 4.99 Å². The molecule has 26 heavy (non-hydrogen) atoms. The molecule has 2 rings (SSSR count). The Morgan fingerprint density at radius 3 is 2.85 bits per heavy atom. The Hall–Kier alpha value is -2.05. The maximum absolute atomic E-state index is 5.71. The number of benzene rings is 1. The topological polar surface area (TPSA) is 58.1 Å². The van der Waals surface area contributed by atoms with Crippen molar-refractivity contribution in [3.05, 3.63) is 42.5 Å². The molecular formula is C20H32N4O2. The van der Waals surface area contributed by atoms with Gasteiger partial charge in [-0.15, -0.1) is 0 Å². The smallest absolute Gasteiger partial charge is 0.191 e. The fourth-order valence-corrected chi connectivity index (χ4v) is 2.82. The second-order valence-corrected chi connectivity index (χ2v) is 6.28. The van der Waals surface area contributed by atoms with Crippen LogP contribution in [0.15, 0.2) is 41.9 Å². The first-order valence-corrected chi connectivity index (χ1v) is 9.40. The molecule has 0 radical (unpaired) electrons. The third-order valence-corrected chi connectivity index (χ3v) is 4.31. The number of nitrogens with zero attached hydrogens (tertiary/aromatic N) is 2. The number of rotatable bonds is 9. The molecule has 1 heterocycles. The Morgan fingerprint density at radius 2 is 2.12 bits per heavy atom. The maximum Gasteiger partial charge on any atom is 0.191 e. The summed E-state index contributed by atoms with van der Waals surface area (Å²) in [7, 11) is 0. The van der Waals surface area contributed by atoms with Gasteiger partial charge in [0.05, 0.1) is 19.8 Å². The molecule has 1 atom stereocenters. The van der Waals surface area contributed by atoms with Crippen LogP contribution in [0.25, 0.3) is 0 Å². The van der Waals surface area contributed by atoms with Crippen molar-refractivity contribution in [2.45, 2.75) is 26.4 Å². The number of hydrogen-bond donors (Lipinski definition) is 2. The molecule has 0 bridgehead atoms. The van der Waals surface area contributed by atoms with Gasteiger partial charge < -0.3 is 20.1 Å². The minimum Gasteiger partial charge on any atom is -0.489 e. The van der Waals surface area contributed by atoms with Gasteiger partial charge in [-0.05, 0) is 19.9 Å². The van der Waals surface area contributed by atoms with E-state index in [1.54, 1.807) is 6.08 Å². The van der Waals surface area contributed by atoms with E-state index in [0.717, 1.165) is 56.7 Å². The molecule has 1 unspecified atom stereocenters. The van der Waals surface area contributed by atoms with Gasteiger partial charge in [0.1, 0.15) is 12.4 Å². The van der Waals surface area contributed by atoms with Crippen LogP contribution in [0.2, 0.25) is 0 Å². The van der Waals surface area contributed by atoms with E-state index in [1.165, 1.54) is 0 Å². The molecule has 6 heteroatoms. The van der Waals surface area contributed by atoms with Gasteiger partial charge in [-0.25, -0.2) is 4.99 Å². The van der Waals surface area contributed by atoms with Crippen LogP contribution in [0.4, 0.5) is 0 Å². The fourth-order valence-electron chi connectivity index (χ4n) is 2.82. The second-order valence-electron chi connectivity index (χ2n) is 6.28. The van der Waals surface area contributed by atoms with E-state index in [9.17, 15) is 0 Å². The van der Waals surface area contributed by atoms with Crippen LogP contribution in [0.1, 0.15) is 19.4 Å². The first kappa shape index (κ1) is 20.3. The summed E-state index contributed by atoms with van der Waals surface area (Å²) < 4.78 is 11.1. The summed E-state index contributed by atoms with van der Waals surface area (Å²) >= 11 is 0. The number of hydrogen-bond acceptors (Lipinski definition) is 4. The number of para-hydroxylation sites is 1. The second kappa shape index (κ2) is 11.5. The van der Waals surface area contributed by atoms with Gasteiger partial charge in [-0.1, -0.05) is 30.9 Å². The van der Waals surface area contributed by atoms with E-state index in [0.29, 0.717) is 19.2 Å². The molecule has 1 aromatic rings. The zero-order valence-electron chi connectivity index (χ0n) is 16.0. The molecule has 144 valence electrons. The Labute approximate surface area is 157 Å². The average molecular weight is 361 g/mol. The monoisotopic (exact) mass is 360 g/mol. The SMILES string of the molecule is C=CCOc1ccccc1CN=C(NCC)NCC(C)N1CCOCC1. The van der Waals surface area contributed by atoms with Gasteiger partial charge in [0, 0.05) is 37.8 Å². The van der Waals surface area contributed by atoms with Crippen LogP contribution >= 0.6 is 0 Å². The molecule has 6 nitrogen and oxygen atoms in total. The highest BCUT2D eigenvalue weighted by Gasteiger charge is 2.17. The molecule has 1 aliphatic heterocycles. The van der Waals surface area contributed by atoms with Crippen molar-refractivity contribution in [1.29, 1.82) is 0 Å². The summed E-state index contributed by atoms with van der Waals surface area (Å²) in [5.41, 5.74) is 1.06. The van der Waals surface area contributed by atoms with Crippen LogP contribution in [-0.4, -0.2) is 62.9 Å². The van der Waals surface area contributed by atoms with E-state index >= 15 is 0 Å². The highest BCUT2D eigenvalue weighted by atomic mass is 16.5. The molecule has 0 amide bonds. The zero-order chi connectivity index (χ0) is 18.6. The minimum atomic E-state index is 0.436. The predicted octanol–water partition coefficient (Wildman–Crippen LogP) is 2.03. The third kappa shape index (κ3) is 6.69. The van der Waals surface area contributed by atoms with E-state index < -0.39 is 0 Å². The number of guanidine groups is 1. The molecule has 1 aliphatic rings. The summed E-state index contributed by atoms with van der Waals surface area (Å²) in [6, 6.07) is 8.42. The average Bonchev–Trinajstić information content (AvgIpc) is 2.69. The fraction of sp³-hybridized carbons (Fsp3) is 0.550. The van der Waals surface area contributed by atoms with E-state index in [2.05, 4.69) is 36.0 Å². The van der Waals surface area contributed by atoms with Gasteiger partial charge in [0.2, 0.25) is 0 Å². The molecule has 1 saturated heterocycles. The lowest BCUT2D eigenvalue weighted by molar-refractivity contribution is 0.0211. The lowest BCUT2D eigenvalue weighted by Crippen LogP contribution is -2.49. The standard InChI is InChI=1S/C20H32N4O2/c1-4-12-26-19-9-7-6-8-18(19)16-23-20(21-5-2)22-15-17(3)24-10-13-25-14-11-24/h4,6-9,17H,1,5,10-16H2,2-3H3,(H2,21,22,23). The first-order chi connectivity index (χ1) is 12.7. The van der Waals surface area contributed by atoms with Crippen LogP contribution in [0.3, 0.4) is 0 Å². The molecule has 1 fully saturated rings. The van der Waals surface area contributed by atoms with Crippen molar-refractivity contribution in [2.75, 3.05) is 46.0 Å². The van der Waals surface area contributed by atoms with Crippen LogP contribution in [0, 0.1) is 0 Å². The van der Waals surface area contributed by atoms with Crippen LogP contribution in [0.5, 0.6) is 5.75 Å². The van der Waals surface area contributed by atoms with Crippen molar-refractivity contribution in [3.63, 3.8) is 0 Å². The lowest BCUT2D eigenvalue weighted by atomic mass is 10.2. The molecular weight excluding hydrogens is 328 g/mol. The molecule has 2 N–H and O–H groups in total. The predicted molar refractivity (Wildman–Crippen MR) is 107 cm³/mol.